The van der Waals surface area contributed by atoms with Crippen molar-refractivity contribution in [2.24, 2.45) is 0 Å². The maximum atomic E-state index is 4.59. The van der Waals surface area contributed by atoms with E-state index in [9.17, 15) is 0 Å². The fraction of sp³-hybridized carbons (Fsp3) is 0.167. The molecule has 0 fully saturated rings. The van der Waals surface area contributed by atoms with Crippen LogP contribution < -0.4 is 0 Å². The smallest absolute Gasteiger partial charge is 0.0684 e. The van der Waals surface area contributed by atoms with Crippen LogP contribution in [0.25, 0.3) is 16.8 Å². The molecule has 0 amide bonds. The summed E-state index contributed by atoms with van der Waals surface area (Å²) in [5.74, 6) is 0. The molecule has 0 atom stereocenters. The van der Waals surface area contributed by atoms with Gasteiger partial charge in [0.05, 0.1) is 11.4 Å². The first kappa shape index (κ1) is 12.7. The maximum absolute atomic E-state index is 4.59. The van der Waals surface area contributed by atoms with Crippen molar-refractivity contribution in [3.63, 3.8) is 0 Å². The van der Waals surface area contributed by atoms with Crippen LogP contribution in [0, 0.1) is 20.8 Å². The summed E-state index contributed by atoms with van der Waals surface area (Å²) < 4.78 is 2.02. The number of hydrogen-bond donors (Lipinski definition) is 0. The van der Waals surface area contributed by atoms with Crippen molar-refractivity contribution >= 4 is 0 Å². The van der Waals surface area contributed by atoms with Gasteiger partial charge in [-0.05, 0) is 49.6 Å². The van der Waals surface area contributed by atoms with Gasteiger partial charge in [0.1, 0.15) is 0 Å². The molecule has 20 heavy (non-hydrogen) atoms. The highest BCUT2D eigenvalue weighted by Crippen LogP contribution is 2.25. The summed E-state index contributed by atoms with van der Waals surface area (Å²) in [4.78, 5) is 0. The van der Waals surface area contributed by atoms with Crippen LogP contribution in [0.3, 0.4) is 0 Å². The molecule has 0 aliphatic carbocycles. The van der Waals surface area contributed by atoms with E-state index >= 15 is 0 Å². The third-order valence-corrected chi connectivity index (χ3v) is 3.55. The van der Waals surface area contributed by atoms with Crippen LogP contribution in [0.15, 0.2) is 54.6 Å². The molecule has 3 rings (SSSR count). The van der Waals surface area contributed by atoms with E-state index in [-0.39, 0.29) is 0 Å². The van der Waals surface area contributed by atoms with E-state index in [1.165, 1.54) is 16.7 Å². The van der Waals surface area contributed by atoms with Crippen molar-refractivity contribution in [1.82, 2.24) is 9.78 Å². The van der Waals surface area contributed by atoms with Crippen LogP contribution in [0.2, 0.25) is 0 Å². The largest absolute Gasteiger partial charge is 0.238 e. The minimum absolute atomic E-state index is 1.05. The second-order valence-corrected chi connectivity index (χ2v) is 5.21. The zero-order chi connectivity index (χ0) is 14.1. The van der Waals surface area contributed by atoms with Crippen LogP contribution >= 0.6 is 0 Å². The first-order chi connectivity index (χ1) is 9.65. The Hall–Kier alpha value is -2.35. The van der Waals surface area contributed by atoms with Gasteiger partial charge in [0.15, 0.2) is 0 Å². The van der Waals surface area contributed by atoms with E-state index < -0.39 is 0 Å². The van der Waals surface area contributed by atoms with Gasteiger partial charge >= 0.3 is 0 Å². The molecule has 0 saturated heterocycles. The Balaban J connectivity index is 2.15. The van der Waals surface area contributed by atoms with E-state index in [1.807, 2.05) is 17.7 Å². The Bertz CT molecular complexity index is 739. The van der Waals surface area contributed by atoms with Gasteiger partial charge in [0, 0.05) is 5.69 Å². The predicted molar refractivity (Wildman–Crippen MR) is 83.2 cm³/mol. The summed E-state index contributed by atoms with van der Waals surface area (Å²) >= 11 is 0. The topological polar surface area (TPSA) is 17.8 Å². The molecule has 0 saturated carbocycles. The summed E-state index contributed by atoms with van der Waals surface area (Å²) in [6.07, 6.45) is 0. The second kappa shape index (κ2) is 4.97. The van der Waals surface area contributed by atoms with Crippen molar-refractivity contribution in [3.8, 4) is 16.8 Å². The van der Waals surface area contributed by atoms with Crippen LogP contribution in [-0.4, -0.2) is 9.78 Å². The number of benzene rings is 2. The first-order valence-corrected chi connectivity index (χ1v) is 6.85. The van der Waals surface area contributed by atoms with E-state index in [0.29, 0.717) is 0 Å². The number of hydrogen-bond acceptors (Lipinski definition) is 1. The van der Waals surface area contributed by atoms with Gasteiger partial charge in [-0.25, -0.2) is 4.68 Å². The molecule has 0 N–H and O–H groups in total. The molecule has 0 unspecified atom stereocenters. The highest BCUT2D eigenvalue weighted by Gasteiger charge is 2.08. The van der Waals surface area contributed by atoms with Crippen LogP contribution in [0.4, 0.5) is 0 Å². The molecular formula is C18H18N2. The Morgan fingerprint density at radius 1 is 0.800 bits per heavy atom. The maximum Gasteiger partial charge on any atom is 0.0684 e. The predicted octanol–water partition coefficient (Wildman–Crippen LogP) is 4.46. The van der Waals surface area contributed by atoms with Gasteiger partial charge in [-0.15, -0.1) is 0 Å². The standard InChI is InChI=1S/C18H18N2/c1-13-9-10-17(16-7-5-4-6-8-16)12-18(13)20-15(3)11-14(2)19-20/h4-12H,1-3H3. The molecule has 0 aliphatic heterocycles. The Kier molecular flexibility index (Phi) is 3.15. The van der Waals surface area contributed by atoms with Gasteiger partial charge in [-0.1, -0.05) is 42.5 Å². The molecule has 2 aromatic carbocycles. The lowest BCUT2D eigenvalue weighted by Crippen LogP contribution is -2.01. The lowest BCUT2D eigenvalue weighted by Gasteiger charge is -2.11. The fourth-order valence-corrected chi connectivity index (χ4v) is 2.52. The molecule has 2 heteroatoms. The Labute approximate surface area is 119 Å². The van der Waals surface area contributed by atoms with E-state index in [2.05, 4.69) is 67.5 Å². The van der Waals surface area contributed by atoms with Gasteiger partial charge in [-0.3, -0.25) is 0 Å². The summed E-state index contributed by atoms with van der Waals surface area (Å²) in [5, 5.41) is 4.59. The van der Waals surface area contributed by atoms with E-state index in [0.717, 1.165) is 17.1 Å². The quantitative estimate of drug-likeness (QED) is 0.666. The molecule has 0 aliphatic rings. The third-order valence-electron chi connectivity index (χ3n) is 3.55. The van der Waals surface area contributed by atoms with Crippen LogP contribution in [0.5, 0.6) is 0 Å². The van der Waals surface area contributed by atoms with Gasteiger partial charge in [-0.2, -0.15) is 5.10 Å². The zero-order valence-corrected chi connectivity index (χ0v) is 12.1. The highest BCUT2D eigenvalue weighted by molar-refractivity contribution is 5.67. The van der Waals surface area contributed by atoms with Crippen molar-refractivity contribution in [1.29, 1.82) is 0 Å². The number of aromatic nitrogens is 2. The Morgan fingerprint density at radius 2 is 1.55 bits per heavy atom. The van der Waals surface area contributed by atoms with Gasteiger partial charge in [0.25, 0.3) is 0 Å². The average molecular weight is 262 g/mol. The summed E-state index contributed by atoms with van der Waals surface area (Å²) in [6, 6.07) is 19.1. The molecule has 3 aromatic rings. The molecule has 100 valence electrons. The molecule has 1 aromatic heterocycles. The summed E-state index contributed by atoms with van der Waals surface area (Å²) in [5.41, 5.74) is 7.05. The summed E-state index contributed by atoms with van der Waals surface area (Å²) in [7, 11) is 0. The van der Waals surface area contributed by atoms with Crippen LogP contribution in [-0.2, 0) is 0 Å². The fourth-order valence-electron chi connectivity index (χ4n) is 2.52. The number of aryl methyl sites for hydroxylation is 3. The minimum Gasteiger partial charge on any atom is -0.238 e. The minimum atomic E-state index is 1.05. The lowest BCUT2D eigenvalue weighted by molar-refractivity contribution is 0.828. The average Bonchev–Trinajstić information content (AvgIpc) is 2.79. The third kappa shape index (κ3) is 2.25. The van der Waals surface area contributed by atoms with Crippen molar-refractivity contribution in [2.45, 2.75) is 20.8 Å². The van der Waals surface area contributed by atoms with Crippen molar-refractivity contribution in [3.05, 3.63) is 71.5 Å². The lowest BCUT2D eigenvalue weighted by atomic mass is 10.0. The second-order valence-electron chi connectivity index (χ2n) is 5.21. The monoisotopic (exact) mass is 262 g/mol. The van der Waals surface area contributed by atoms with Crippen molar-refractivity contribution < 1.29 is 0 Å². The number of nitrogens with zero attached hydrogens (tertiary/aromatic N) is 2. The van der Waals surface area contributed by atoms with Crippen molar-refractivity contribution in [2.75, 3.05) is 0 Å². The highest BCUT2D eigenvalue weighted by atomic mass is 15.3. The normalized spacial score (nSPS) is 10.8. The van der Waals surface area contributed by atoms with E-state index in [4.69, 9.17) is 0 Å². The SMILES string of the molecule is Cc1cc(C)n(-c2cc(-c3ccccc3)ccc2C)n1. The molecule has 2 nitrogen and oxygen atoms in total. The molecule has 0 radical (unpaired) electrons. The molecule has 1 heterocycles. The van der Waals surface area contributed by atoms with Crippen LogP contribution in [0.1, 0.15) is 17.0 Å². The van der Waals surface area contributed by atoms with Gasteiger partial charge < -0.3 is 0 Å². The molecule has 0 bridgehead atoms. The molecular weight excluding hydrogens is 244 g/mol. The van der Waals surface area contributed by atoms with E-state index in [1.54, 1.807) is 0 Å². The first-order valence-electron chi connectivity index (χ1n) is 6.85. The Morgan fingerprint density at radius 3 is 2.20 bits per heavy atom. The molecule has 0 spiro atoms. The summed E-state index contributed by atoms with van der Waals surface area (Å²) in [6.45, 7) is 6.25. The van der Waals surface area contributed by atoms with Gasteiger partial charge in [0.2, 0.25) is 0 Å². The number of rotatable bonds is 2. The zero-order valence-electron chi connectivity index (χ0n) is 12.1.